The van der Waals surface area contributed by atoms with Gasteiger partial charge in [0.15, 0.2) is 6.54 Å². The number of amides is 1. The minimum absolute atomic E-state index is 0.121. The molecule has 0 heterocycles. The van der Waals surface area contributed by atoms with Crippen LogP contribution < -0.4 is 11.1 Å². The largest absolute Gasteiger partial charge is 0.316 e. The molecule has 1 aromatic carbocycles. The summed E-state index contributed by atoms with van der Waals surface area (Å²) in [5, 5.41) is 2.82. The van der Waals surface area contributed by atoms with Gasteiger partial charge >= 0.3 is 0 Å². The SMILES string of the molecule is CCCC[CH+]CNC(=O)[C@H](N)c1ccccc1. The summed E-state index contributed by atoms with van der Waals surface area (Å²) in [7, 11) is 0. The Kier molecular flexibility index (Phi) is 6.18. The van der Waals surface area contributed by atoms with Crippen molar-refractivity contribution in [2.45, 2.75) is 32.2 Å². The van der Waals surface area contributed by atoms with E-state index in [9.17, 15) is 4.79 Å². The summed E-state index contributed by atoms with van der Waals surface area (Å²) < 4.78 is 0. The average molecular weight is 233 g/mol. The highest BCUT2D eigenvalue weighted by Crippen LogP contribution is 2.09. The summed E-state index contributed by atoms with van der Waals surface area (Å²) in [6.07, 6.45) is 5.46. The molecular formula is C14H21N2O+. The lowest BCUT2D eigenvalue weighted by molar-refractivity contribution is -0.122. The molecule has 0 aliphatic heterocycles. The predicted octanol–water partition coefficient (Wildman–Crippen LogP) is 2.20. The number of unbranched alkanes of at least 4 members (excludes halogenated alkanes) is 3. The van der Waals surface area contributed by atoms with E-state index in [4.69, 9.17) is 5.73 Å². The predicted molar refractivity (Wildman–Crippen MR) is 70.2 cm³/mol. The number of hydrogen-bond donors (Lipinski definition) is 2. The molecule has 0 aromatic heterocycles. The van der Waals surface area contributed by atoms with E-state index in [1.165, 1.54) is 12.8 Å². The van der Waals surface area contributed by atoms with E-state index in [1.807, 2.05) is 30.3 Å². The fourth-order valence-corrected chi connectivity index (χ4v) is 1.54. The molecular weight excluding hydrogens is 212 g/mol. The zero-order valence-electron chi connectivity index (χ0n) is 10.4. The van der Waals surface area contributed by atoms with Crippen LogP contribution in [0.3, 0.4) is 0 Å². The second-order valence-electron chi connectivity index (χ2n) is 4.06. The van der Waals surface area contributed by atoms with Crippen molar-refractivity contribution >= 4 is 5.91 Å². The number of benzene rings is 1. The lowest BCUT2D eigenvalue weighted by Crippen LogP contribution is -2.34. The van der Waals surface area contributed by atoms with Crippen molar-refractivity contribution in [1.29, 1.82) is 0 Å². The van der Waals surface area contributed by atoms with E-state index >= 15 is 0 Å². The molecule has 0 unspecified atom stereocenters. The molecule has 1 rings (SSSR count). The molecule has 3 nitrogen and oxygen atoms in total. The molecule has 0 saturated carbocycles. The van der Waals surface area contributed by atoms with E-state index < -0.39 is 6.04 Å². The van der Waals surface area contributed by atoms with Crippen molar-refractivity contribution in [3.8, 4) is 0 Å². The second kappa shape index (κ2) is 7.74. The minimum Gasteiger partial charge on any atom is -0.316 e. The van der Waals surface area contributed by atoms with Gasteiger partial charge in [-0.25, -0.2) is 0 Å². The van der Waals surface area contributed by atoms with E-state index in [1.54, 1.807) is 0 Å². The molecule has 0 radical (unpaired) electrons. The molecule has 0 saturated heterocycles. The number of hydrogen-bond acceptors (Lipinski definition) is 2. The molecule has 17 heavy (non-hydrogen) atoms. The summed E-state index contributed by atoms with van der Waals surface area (Å²) in [5.74, 6) is -0.121. The van der Waals surface area contributed by atoms with Crippen LogP contribution in [-0.2, 0) is 4.79 Å². The third-order valence-corrected chi connectivity index (χ3v) is 2.62. The molecule has 92 valence electrons. The summed E-state index contributed by atoms with van der Waals surface area (Å²) >= 11 is 0. The highest BCUT2D eigenvalue weighted by Gasteiger charge is 2.15. The van der Waals surface area contributed by atoms with E-state index in [-0.39, 0.29) is 5.91 Å². The van der Waals surface area contributed by atoms with Crippen LogP contribution in [0.1, 0.15) is 37.8 Å². The Hall–Kier alpha value is -1.48. The normalized spacial score (nSPS) is 11.9. The van der Waals surface area contributed by atoms with E-state index in [0.29, 0.717) is 6.54 Å². The van der Waals surface area contributed by atoms with Gasteiger partial charge in [0.1, 0.15) is 6.04 Å². The van der Waals surface area contributed by atoms with Crippen molar-refractivity contribution in [3.05, 3.63) is 42.3 Å². The minimum atomic E-state index is -0.573. The van der Waals surface area contributed by atoms with Gasteiger partial charge in [-0.2, -0.15) is 0 Å². The van der Waals surface area contributed by atoms with Gasteiger partial charge in [-0.15, -0.1) is 0 Å². The van der Waals surface area contributed by atoms with Gasteiger partial charge in [0.05, 0.1) is 12.8 Å². The van der Waals surface area contributed by atoms with Gasteiger partial charge < -0.3 is 11.1 Å². The van der Waals surface area contributed by atoms with Crippen LogP contribution in [0.25, 0.3) is 0 Å². The number of rotatable bonds is 7. The molecule has 0 fully saturated rings. The van der Waals surface area contributed by atoms with Crippen LogP contribution in [0.5, 0.6) is 0 Å². The van der Waals surface area contributed by atoms with Crippen molar-refractivity contribution < 1.29 is 4.79 Å². The molecule has 0 aliphatic rings. The first-order chi connectivity index (χ1) is 8.25. The van der Waals surface area contributed by atoms with Crippen molar-refractivity contribution in [1.82, 2.24) is 5.32 Å². The highest BCUT2D eigenvalue weighted by atomic mass is 16.2. The Morgan fingerprint density at radius 3 is 2.76 bits per heavy atom. The number of nitrogens with two attached hydrogens (primary N) is 1. The molecule has 0 spiro atoms. The molecule has 1 aromatic rings. The average Bonchev–Trinajstić information content (AvgIpc) is 2.38. The Labute approximate surface area is 103 Å². The number of carbonyl (C=O) groups excluding carboxylic acids is 1. The van der Waals surface area contributed by atoms with Crippen LogP contribution in [0, 0.1) is 6.42 Å². The maximum Gasteiger partial charge on any atom is 0.244 e. The fraction of sp³-hybridized carbons (Fsp3) is 0.429. The van der Waals surface area contributed by atoms with Gasteiger partial charge in [0, 0.05) is 0 Å². The third-order valence-electron chi connectivity index (χ3n) is 2.62. The first-order valence-electron chi connectivity index (χ1n) is 6.15. The first kappa shape index (κ1) is 13.6. The molecule has 0 bridgehead atoms. The van der Waals surface area contributed by atoms with Gasteiger partial charge in [0.25, 0.3) is 0 Å². The second-order valence-corrected chi connectivity index (χ2v) is 4.06. The molecule has 1 atom stereocenters. The number of nitrogens with one attached hydrogen (secondary N) is 1. The summed E-state index contributed by atoms with van der Waals surface area (Å²) in [4.78, 5) is 11.7. The van der Waals surface area contributed by atoms with Crippen LogP contribution in [0.4, 0.5) is 0 Å². The van der Waals surface area contributed by atoms with Crippen molar-refractivity contribution in [2.24, 2.45) is 5.73 Å². The Morgan fingerprint density at radius 2 is 2.12 bits per heavy atom. The summed E-state index contributed by atoms with van der Waals surface area (Å²) in [5.41, 5.74) is 6.70. The van der Waals surface area contributed by atoms with Crippen molar-refractivity contribution in [2.75, 3.05) is 6.54 Å². The zero-order chi connectivity index (χ0) is 12.5. The maximum absolute atomic E-state index is 11.7. The van der Waals surface area contributed by atoms with Crippen LogP contribution in [0.2, 0.25) is 0 Å². The Bertz CT molecular complexity index is 324. The lowest BCUT2D eigenvalue weighted by Gasteiger charge is -2.10. The van der Waals surface area contributed by atoms with E-state index in [0.717, 1.165) is 12.0 Å². The standard InChI is InChI=1S/C14H20N2O/c1-2-3-4-8-11-16-14(17)13(15)12-9-6-5-7-10-12/h5-10,13H,2-4,11,15H2,1H3/p+1/t13-/m1/s1. The lowest BCUT2D eigenvalue weighted by atomic mass is 10.1. The first-order valence-corrected chi connectivity index (χ1v) is 6.15. The monoisotopic (exact) mass is 233 g/mol. The molecule has 0 aliphatic carbocycles. The smallest absolute Gasteiger partial charge is 0.244 e. The fourth-order valence-electron chi connectivity index (χ4n) is 1.54. The third kappa shape index (κ3) is 4.91. The Balaban J connectivity index is 2.28. The molecule has 3 N–H and O–H groups in total. The van der Waals surface area contributed by atoms with Gasteiger partial charge in [-0.05, 0) is 12.0 Å². The number of carbonyl (C=O) groups is 1. The van der Waals surface area contributed by atoms with Crippen LogP contribution in [0.15, 0.2) is 30.3 Å². The van der Waals surface area contributed by atoms with Crippen LogP contribution in [-0.4, -0.2) is 12.5 Å². The maximum atomic E-state index is 11.7. The quantitative estimate of drug-likeness (QED) is 0.560. The molecule has 3 heteroatoms. The van der Waals surface area contributed by atoms with Gasteiger partial charge in [-0.1, -0.05) is 43.7 Å². The van der Waals surface area contributed by atoms with E-state index in [2.05, 4.69) is 18.7 Å². The highest BCUT2D eigenvalue weighted by molar-refractivity contribution is 5.82. The molecule has 1 amide bonds. The zero-order valence-corrected chi connectivity index (χ0v) is 10.4. The van der Waals surface area contributed by atoms with Crippen LogP contribution >= 0.6 is 0 Å². The van der Waals surface area contributed by atoms with Gasteiger partial charge in [-0.3, -0.25) is 4.79 Å². The van der Waals surface area contributed by atoms with Gasteiger partial charge in [0.2, 0.25) is 5.91 Å². The summed E-state index contributed by atoms with van der Waals surface area (Å²) in [6.45, 7) is 2.75. The topological polar surface area (TPSA) is 55.1 Å². The Morgan fingerprint density at radius 1 is 1.41 bits per heavy atom. The van der Waals surface area contributed by atoms with Crippen molar-refractivity contribution in [3.63, 3.8) is 0 Å². The summed E-state index contributed by atoms with van der Waals surface area (Å²) in [6, 6.07) is 8.84.